The van der Waals surface area contributed by atoms with E-state index in [4.69, 9.17) is 4.74 Å². The number of hydrogen-bond acceptors (Lipinski definition) is 3. The molecule has 0 spiro atoms. The lowest BCUT2D eigenvalue weighted by atomic mass is 9.56. The molecule has 4 atom stereocenters. The fourth-order valence-corrected chi connectivity index (χ4v) is 5.63. The van der Waals surface area contributed by atoms with Gasteiger partial charge >= 0.3 is 0 Å². The fraction of sp³-hybridized carbons (Fsp3) is 0.909. The zero-order valence-corrected chi connectivity index (χ0v) is 16.9. The van der Waals surface area contributed by atoms with E-state index in [1.807, 2.05) is 0 Å². The molecule has 4 unspecified atom stereocenters. The monoisotopic (exact) mass is 350 g/mol. The molecule has 0 aromatic rings. The van der Waals surface area contributed by atoms with Crippen molar-refractivity contribution in [2.24, 2.45) is 22.7 Å². The van der Waals surface area contributed by atoms with Gasteiger partial charge in [-0.3, -0.25) is 9.59 Å². The van der Waals surface area contributed by atoms with Gasteiger partial charge in [-0.2, -0.15) is 0 Å². The van der Waals surface area contributed by atoms with Gasteiger partial charge in [-0.25, -0.2) is 0 Å². The molecular formula is C22H38O3. The van der Waals surface area contributed by atoms with Gasteiger partial charge in [0.05, 0.1) is 24.0 Å². The second kappa shape index (κ2) is 8.79. The smallest absolute Gasteiger partial charge is 0.149 e. The van der Waals surface area contributed by atoms with Crippen LogP contribution in [0.4, 0.5) is 0 Å². The lowest BCUT2D eigenvalue weighted by molar-refractivity contribution is -0.171. The first kappa shape index (κ1) is 20.6. The Morgan fingerprint density at radius 1 is 0.800 bits per heavy atom. The van der Waals surface area contributed by atoms with Crippen molar-refractivity contribution in [2.75, 3.05) is 13.2 Å². The van der Waals surface area contributed by atoms with E-state index in [1.54, 1.807) is 0 Å². The quantitative estimate of drug-likeness (QED) is 0.592. The zero-order valence-electron chi connectivity index (χ0n) is 16.9. The summed E-state index contributed by atoms with van der Waals surface area (Å²) in [6, 6.07) is 0. The molecular weight excluding hydrogens is 312 g/mol. The number of carbonyl (C=O) groups is 2. The van der Waals surface area contributed by atoms with Crippen LogP contribution >= 0.6 is 0 Å². The van der Waals surface area contributed by atoms with Gasteiger partial charge in [0.2, 0.25) is 0 Å². The van der Waals surface area contributed by atoms with Crippen LogP contribution in [0.25, 0.3) is 0 Å². The summed E-state index contributed by atoms with van der Waals surface area (Å²) in [4.78, 5) is 27.2. The Morgan fingerprint density at radius 3 is 1.60 bits per heavy atom. The van der Waals surface area contributed by atoms with Gasteiger partial charge in [-0.1, -0.05) is 53.4 Å². The summed E-state index contributed by atoms with van der Waals surface area (Å²) in [5.41, 5.74) is -0.844. The Balaban J connectivity index is 2.47. The van der Waals surface area contributed by atoms with Crippen molar-refractivity contribution in [1.82, 2.24) is 0 Å². The second-order valence-electron chi connectivity index (χ2n) is 8.66. The SMILES string of the molecule is CCCC1CC2(CCC)COCC(CCC)(CC(CCC)C1=O)C2=O. The minimum absolute atomic E-state index is 0.0402. The average molecular weight is 351 g/mol. The number of ketones is 2. The number of Topliss-reactive ketones (excluding diaryl/α,β-unsaturated/α-hetero) is 2. The molecule has 144 valence electrons. The molecule has 3 heteroatoms. The molecule has 0 aromatic carbocycles. The standard InChI is InChI=1S/C22H38O3/c1-5-9-17-13-21(11-7-3)15-25-16-22(12-8-4,20(21)24)14-18(10-6-2)19(17)23/h17-18H,5-16H2,1-4H3. The van der Waals surface area contributed by atoms with Gasteiger partial charge in [0.15, 0.2) is 0 Å². The molecule has 2 rings (SSSR count). The summed E-state index contributed by atoms with van der Waals surface area (Å²) in [6.07, 6.45) is 8.96. The lowest BCUT2D eigenvalue weighted by Gasteiger charge is -2.50. The Hall–Kier alpha value is -0.700. The third-order valence-corrected chi connectivity index (χ3v) is 6.53. The number of rotatable bonds is 8. The number of hydrogen-bond donors (Lipinski definition) is 0. The second-order valence-corrected chi connectivity index (χ2v) is 8.66. The topological polar surface area (TPSA) is 43.4 Å². The summed E-state index contributed by atoms with van der Waals surface area (Å²) >= 11 is 0. The molecule has 2 bridgehead atoms. The van der Waals surface area contributed by atoms with Gasteiger partial charge in [0, 0.05) is 11.8 Å². The summed E-state index contributed by atoms with van der Waals surface area (Å²) in [5, 5.41) is 0. The molecule has 0 N–H and O–H groups in total. The van der Waals surface area contributed by atoms with E-state index in [0.717, 1.165) is 64.2 Å². The van der Waals surface area contributed by atoms with Crippen LogP contribution in [0.3, 0.4) is 0 Å². The zero-order chi connectivity index (χ0) is 18.5. The molecule has 1 aliphatic carbocycles. The van der Waals surface area contributed by atoms with Crippen molar-refractivity contribution in [3.05, 3.63) is 0 Å². The molecule has 1 heterocycles. The van der Waals surface area contributed by atoms with Gasteiger partial charge in [0.1, 0.15) is 11.6 Å². The van der Waals surface area contributed by atoms with Crippen molar-refractivity contribution in [2.45, 2.75) is 91.9 Å². The third-order valence-electron chi connectivity index (χ3n) is 6.53. The molecule has 0 amide bonds. The van der Waals surface area contributed by atoms with Crippen LogP contribution < -0.4 is 0 Å². The normalized spacial score (nSPS) is 36.2. The van der Waals surface area contributed by atoms with Crippen molar-refractivity contribution in [3.63, 3.8) is 0 Å². The Labute approximate surface area is 154 Å². The Bertz CT molecular complexity index is 426. The molecule has 2 aliphatic rings. The minimum Gasteiger partial charge on any atom is -0.379 e. The number of fused-ring (bicyclic) bond motifs is 2. The van der Waals surface area contributed by atoms with E-state index in [1.165, 1.54) is 0 Å². The predicted octanol–water partition coefficient (Wildman–Crippen LogP) is 5.35. The van der Waals surface area contributed by atoms with Crippen LogP contribution in [0, 0.1) is 22.7 Å². The minimum atomic E-state index is -0.422. The van der Waals surface area contributed by atoms with Crippen LogP contribution in [-0.4, -0.2) is 24.8 Å². The molecule has 2 fully saturated rings. The van der Waals surface area contributed by atoms with E-state index in [9.17, 15) is 9.59 Å². The van der Waals surface area contributed by atoms with E-state index in [-0.39, 0.29) is 11.8 Å². The van der Waals surface area contributed by atoms with E-state index < -0.39 is 10.8 Å². The van der Waals surface area contributed by atoms with Crippen molar-refractivity contribution in [3.8, 4) is 0 Å². The van der Waals surface area contributed by atoms with E-state index in [2.05, 4.69) is 27.7 Å². The van der Waals surface area contributed by atoms with Gasteiger partial charge < -0.3 is 4.74 Å². The summed E-state index contributed by atoms with van der Waals surface area (Å²) in [6.45, 7) is 9.64. The maximum atomic E-state index is 13.8. The number of carbonyl (C=O) groups excluding carboxylic acids is 2. The highest BCUT2D eigenvalue weighted by atomic mass is 16.5. The maximum absolute atomic E-state index is 13.8. The Kier molecular flexibility index (Phi) is 7.25. The summed E-state index contributed by atoms with van der Waals surface area (Å²) in [7, 11) is 0. The first-order valence-corrected chi connectivity index (χ1v) is 10.6. The third kappa shape index (κ3) is 4.02. The summed E-state index contributed by atoms with van der Waals surface area (Å²) in [5.74, 6) is 0.959. The Morgan fingerprint density at radius 2 is 1.24 bits per heavy atom. The van der Waals surface area contributed by atoms with Crippen molar-refractivity contribution in [1.29, 1.82) is 0 Å². The fourth-order valence-electron chi connectivity index (χ4n) is 5.63. The molecule has 0 aromatic heterocycles. The highest BCUT2D eigenvalue weighted by molar-refractivity contribution is 5.94. The van der Waals surface area contributed by atoms with Crippen LogP contribution in [0.2, 0.25) is 0 Å². The average Bonchev–Trinajstić information content (AvgIpc) is 2.58. The van der Waals surface area contributed by atoms with Crippen LogP contribution in [0.5, 0.6) is 0 Å². The highest BCUT2D eigenvalue weighted by Gasteiger charge is 2.56. The van der Waals surface area contributed by atoms with Crippen molar-refractivity contribution < 1.29 is 14.3 Å². The van der Waals surface area contributed by atoms with Crippen LogP contribution in [0.1, 0.15) is 91.9 Å². The van der Waals surface area contributed by atoms with Crippen molar-refractivity contribution >= 4 is 11.6 Å². The molecule has 25 heavy (non-hydrogen) atoms. The predicted molar refractivity (Wildman–Crippen MR) is 102 cm³/mol. The van der Waals surface area contributed by atoms with E-state index >= 15 is 0 Å². The first-order chi connectivity index (χ1) is 12.0. The lowest BCUT2D eigenvalue weighted by Crippen LogP contribution is -2.57. The molecule has 3 nitrogen and oxygen atoms in total. The molecule has 0 radical (unpaired) electrons. The highest BCUT2D eigenvalue weighted by Crippen LogP contribution is 2.51. The molecule has 1 saturated carbocycles. The molecule has 1 saturated heterocycles. The van der Waals surface area contributed by atoms with E-state index in [0.29, 0.717) is 24.8 Å². The largest absolute Gasteiger partial charge is 0.379 e. The van der Waals surface area contributed by atoms with Gasteiger partial charge in [0.25, 0.3) is 0 Å². The van der Waals surface area contributed by atoms with Crippen LogP contribution in [0.15, 0.2) is 0 Å². The van der Waals surface area contributed by atoms with Gasteiger partial charge in [-0.05, 0) is 38.5 Å². The molecule has 1 aliphatic heterocycles. The maximum Gasteiger partial charge on any atom is 0.149 e. The van der Waals surface area contributed by atoms with Gasteiger partial charge in [-0.15, -0.1) is 0 Å². The first-order valence-electron chi connectivity index (χ1n) is 10.6. The van der Waals surface area contributed by atoms with Crippen LogP contribution in [-0.2, 0) is 14.3 Å². The summed E-state index contributed by atoms with van der Waals surface area (Å²) < 4.78 is 6.11. The number of ether oxygens (including phenoxy) is 1.